The number of rotatable bonds is 4. The van der Waals surface area contributed by atoms with Gasteiger partial charge in [-0.1, -0.05) is 37.5 Å². The molecule has 0 radical (unpaired) electrons. The van der Waals surface area contributed by atoms with Crippen molar-refractivity contribution < 1.29 is 4.74 Å². The Morgan fingerprint density at radius 2 is 1.94 bits per heavy atom. The van der Waals surface area contributed by atoms with Gasteiger partial charge >= 0.3 is 0 Å². The highest BCUT2D eigenvalue weighted by molar-refractivity contribution is 5.36. The molecule has 0 amide bonds. The molecule has 2 nitrogen and oxygen atoms in total. The van der Waals surface area contributed by atoms with Gasteiger partial charge in [-0.2, -0.15) is 0 Å². The SMILES string of the molecule is COc1ccccc1C(CN)C1CCCCC1. The molecule has 1 atom stereocenters. The molecule has 0 spiro atoms. The number of benzene rings is 1. The predicted octanol–water partition coefficient (Wildman–Crippen LogP) is 3.32. The summed E-state index contributed by atoms with van der Waals surface area (Å²) in [5.41, 5.74) is 7.30. The van der Waals surface area contributed by atoms with E-state index >= 15 is 0 Å². The Hall–Kier alpha value is -1.02. The molecule has 1 aromatic rings. The van der Waals surface area contributed by atoms with E-state index in [-0.39, 0.29) is 0 Å². The smallest absolute Gasteiger partial charge is 0.122 e. The maximum atomic E-state index is 6.00. The molecule has 1 aromatic carbocycles. The second-order valence-corrected chi connectivity index (χ2v) is 4.98. The Morgan fingerprint density at radius 1 is 1.24 bits per heavy atom. The summed E-state index contributed by atoms with van der Waals surface area (Å²) in [7, 11) is 1.74. The first-order valence-electron chi connectivity index (χ1n) is 6.69. The van der Waals surface area contributed by atoms with Gasteiger partial charge in [-0.05, 0) is 36.9 Å². The van der Waals surface area contributed by atoms with Gasteiger partial charge in [0.2, 0.25) is 0 Å². The van der Waals surface area contributed by atoms with Crippen LogP contribution >= 0.6 is 0 Å². The summed E-state index contributed by atoms with van der Waals surface area (Å²) in [5, 5.41) is 0. The summed E-state index contributed by atoms with van der Waals surface area (Å²) in [6.07, 6.45) is 6.74. The largest absolute Gasteiger partial charge is 0.496 e. The molecule has 1 aliphatic carbocycles. The predicted molar refractivity (Wildman–Crippen MR) is 71.4 cm³/mol. The van der Waals surface area contributed by atoms with Gasteiger partial charge in [-0.3, -0.25) is 0 Å². The third-order valence-corrected chi connectivity index (χ3v) is 4.01. The van der Waals surface area contributed by atoms with Crippen LogP contribution < -0.4 is 10.5 Å². The van der Waals surface area contributed by atoms with Gasteiger partial charge in [-0.25, -0.2) is 0 Å². The summed E-state index contributed by atoms with van der Waals surface area (Å²) >= 11 is 0. The molecule has 17 heavy (non-hydrogen) atoms. The highest BCUT2D eigenvalue weighted by atomic mass is 16.5. The van der Waals surface area contributed by atoms with Crippen molar-refractivity contribution in [1.29, 1.82) is 0 Å². The van der Waals surface area contributed by atoms with E-state index in [4.69, 9.17) is 10.5 Å². The van der Waals surface area contributed by atoms with Crippen molar-refractivity contribution in [2.45, 2.75) is 38.0 Å². The van der Waals surface area contributed by atoms with Crippen LogP contribution in [0.5, 0.6) is 5.75 Å². The molecule has 0 aliphatic heterocycles. The van der Waals surface area contributed by atoms with E-state index in [0.717, 1.165) is 18.2 Å². The van der Waals surface area contributed by atoms with Crippen molar-refractivity contribution in [2.24, 2.45) is 11.7 Å². The van der Waals surface area contributed by atoms with Gasteiger partial charge in [0, 0.05) is 5.92 Å². The third kappa shape index (κ3) is 2.81. The lowest BCUT2D eigenvalue weighted by Gasteiger charge is -2.30. The average Bonchev–Trinajstić information content (AvgIpc) is 2.41. The van der Waals surface area contributed by atoms with E-state index in [0.29, 0.717) is 5.92 Å². The fourth-order valence-corrected chi connectivity index (χ4v) is 3.08. The molecule has 1 unspecified atom stereocenters. The molecule has 0 saturated heterocycles. The summed E-state index contributed by atoms with van der Waals surface area (Å²) in [6, 6.07) is 8.33. The molecule has 0 aromatic heterocycles. The van der Waals surface area contributed by atoms with Gasteiger partial charge < -0.3 is 10.5 Å². The van der Waals surface area contributed by atoms with E-state index in [2.05, 4.69) is 12.1 Å². The van der Waals surface area contributed by atoms with Crippen LogP contribution in [0, 0.1) is 5.92 Å². The van der Waals surface area contributed by atoms with Crippen molar-refractivity contribution in [1.82, 2.24) is 0 Å². The number of hydrogen-bond acceptors (Lipinski definition) is 2. The highest BCUT2D eigenvalue weighted by Gasteiger charge is 2.25. The van der Waals surface area contributed by atoms with Crippen LogP contribution in [0.3, 0.4) is 0 Å². The van der Waals surface area contributed by atoms with E-state index < -0.39 is 0 Å². The minimum Gasteiger partial charge on any atom is -0.496 e. The molecule has 0 heterocycles. The van der Waals surface area contributed by atoms with E-state index in [1.807, 2.05) is 12.1 Å². The van der Waals surface area contributed by atoms with Crippen LogP contribution in [0.25, 0.3) is 0 Å². The van der Waals surface area contributed by atoms with Gasteiger partial charge in [0.15, 0.2) is 0 Å². The molecule has 2 N–H and O–H groups in total. The number of hydrogen-bond donors (Lipinski definition) is 1. The first kappa shape index (κ1) is 12.4. The van der Waals surface area contributed by atoms with Gasteiger partial charge in [-0.15, -0.1) is 0 Å². The molecular formula is C15H23NO. The van der Waals surface area contributed by atoms with Crippen LogP contribution in [-0.4, -0.2) is 13.7 Å². The second-order valence-electron chi connectivity index (χ2n) is 4.98. The molecule has 1 fully saturated rings. The maximum Gasteiger partial charge on any atom is 0.122 e. The van der Waals surface area contributed by atoms with Gasteiger partial charge in [0.1, 0.15) is 5.75 Å². The summed E-state index contributed by atoms with van der Waals surface area (Å²) in [5.74, 6) is 2.20. The van der Waals surface area contributed by atoms with Crippen LogP contribution in [0.2, 0.25) is 0 Å². The standard InChI is InChI=1S/C15H23NO/c1-17-15-10-6-5-9-13(15)14(11-16)12-7-3-2-4-8-12/h5-6,9-10,12,14H,2-4,7-8,11,16H2,1H3. The summed E-state index contributed by atoms with van der Waals surface area (Å²) in [6.45, 7) is 0.727. The lowest BCUT2D eigenvalue weighted by atomic mass is 9.76. The fraction of sp³-hybridized carbons (Fsp3) is 0.600. The van der Waals surface area contributed by atoms with Crippen LogP contribution in [0.15, 0.2) is 24.3 Å². The number of para-hydroxylation sites is 1. The maximum absolute atomic E-state index is 6.00. The Balaban J connectivity index is 2.21. The Labute approximate surface area is 104 Å². The molecule has 1 saturated carbocycles. The van der Waals surface area contributed by atoms with Gasteiger partial charge in [0.25, 0.3) is 0 Å². The van der Waals surface area contributed by atoms with Crippen LogP contribution in [0.1, 0.15) is 43.6 Å². The first-order valence-corrected chi connectivity index (χ1v) is 6.69. The lowest BCUT2D eigenvalue weighted by molar-refractivity contribution is 0.300. The van der Waals surface area contributed by atoms with Gasteiger partial charge in [0.05, 0.1) is 7.11 Å². The topological polar surface area (TPSA) is 35.2 Å². The van der Waals surface area contributed by atoms with E-state index in [9.17, 15) is 0 Å². The normalized spacial score (nSPS) is 18.9. The highest BCUT2D eigenvalue weighted by Crippen LogP contribution is 2.38. The van der Waals surface area contributed by atoms with Crippen LogP contribution in [-0.2, 0) is 0 Å². The Kier molecular flexibility index (Phi) is 4.43. The molecule has 94 valence electrons. The molecular weight excluding hydrogens is 210 g/mol. The minimum atomic E-state index is 0.464. The van der Waals surface area contributed by atoms with E-state index in [1.54, 1.807) is 7.11 Å². The lowest BCUT2D eigenvalue weighted by Crippen LogP contribution is -2.24. The minimum absolute atomic E-state index is 0.464. The fourth-order valence-electron chi connectivity index (χ4n) is 3.08. The van der Waals surface area contributed by atoms with Crippen LogP contribution in [0.4, 0.5) is 0 Å². The van der Waals surface area contributed by atoms with Crippen molar-refractivity contribution in [3.05, 3.63) is 29.8 Å². The molecule has 2 heteroatoms. The zero-order chi connectivity index (χ0) is 12.1. The zero-order valence-electron chi connectivity index (χ0n) is 10.7. The Bertz CT molecular complexity index is 345. The molecule has 2 rings (SSSR count). The summed E-state index contributed by atoms with van der Waals surface area (Å²) in [4.78, 5) is 0. The second kappa shape index (κ2) is 6.06. The average molecular weight is 233 g/mol. The van der Waals surface area contributed by atoms with E-state index in [1.165, 1.54) is 37.7 Å². The summed E-state index contributed by atoms with van der Waals surface area (Å²) < 4.78 is 5.46. The molecule has 0 bridgehead atoms. The van der Waals surface area contributed by atoms with Crippen molar-refractivity contribution in [3.63, 3.8) is 0 Å². The zero-order valence-corrected chi connectivity index (χ0v) is 10.7. The number of nitrogens with two attached hydrogens (primary N) is 1. The Morgan fingerprint density at radius 3 is 2.59 bits per heavy atom. The van der Waals surface area contributed by atoms with Crippen molar-refractivity contribution >= 4 is 0 Å². The first-order chi connectivity index (χ1) is 8.36. The monoisotopic (exact) mass is 233 g/mol. The molecule has 1 aliphatic rings. The third-order valence-electron chi connectivity index (χ3n) is 4.01. The quantitative estimate of drug-likeness (QED) is 0.866. The number of ether oxygens (including phenoxy) is 1. The number of methoxy groups -OCH3 is 1. The van der Waals surface area contributed by atoms with Crippen molar-refractivity contribution in [2.75, 3.05) is 13.7 Å². The van der Waals surface area contributed by atoms with Crippen molar-refractivity contribution in [3.8, 4) is 5.75 Å².